The number of aromatic nitrogens is 6. The Balaban J connectivity index is 1.66. The fraction of sp³-hybridized carbons (Fsp3) is 0.273. The third kappa shape index (κ3) is 4.13. The SMILES string of the molecule is [2H]C([2H])(O)c1c(Cl)nc(CCCC)n1Cc1ccc(-c2ccccc2-c2nn[nH]n2)cc1. The van der Waals surface area contributed by atoms with Crippen molar-refractivity contribution in [1.29, 1.82) is 0 Å². The fourth-order valence-corrected chi connectivity index (χ4v) is 3.69. The molecule has 0 saturated carbocycles. The number of aliphatic hydroxyl groups is 1. The lowest BCUT2D eigenvalue weighted by atomic mass is 9.98. The van der Waals surface area contributed by atoms with Gasteiger partial charge in [0, 0.05) is 18.5 Å². The summed E-state index contributed by atoms with van der Waals surface area (Å²) in [4.78, 5) is 4.32. The molecule has 2 heterocycles. The topological polar surface area (TPSA) is 92.5 Å². The van der Waals surface area contributed by atoms with Crippen molar-refractivity contribution in [3.8, 4) is 22.5 Å². The van der Waals surface area contributed by atoms with E-state index in [1.54, 1.807) is 4.57 Å². The molecule has 0 radical (unpaired) electrons. The average molecular weight is 425 g/mol. The van der Waals surface area contributed by atoms with Crippen LogP contribution in [0.1, 0.15) is 39.6 Å². The summed E-state index contributed by atoms with van der Waals surface area (Å²) in [5.74, 6) is 1.18. The van der Waals surface area contributed by atoms with E-state index in [0.717, 1.165) is 35.1 Å². The third-order valence-electron chi connectivity index (χ3n) is 4.98. The van der Waals surface area contributed by atoms with Crippen LogP contribution in [0.15, 0.2) is 48.5 Å². The van der Waals surface area contributed by atoms with Gasteiger partial charge in [0.25, 0.3) is 0 Å². The lowest BCUT2D eigenvalue weighted by Gasteiger charge is -2.12. The quantitative estimate of drug-likeness (QED) is 0.440. The number of unbranched alkanes of at least 4 members (excludes halogenated alkanes) is 1. The van der Waals surface area contributed by atoms with Gasteiger partial charge in [-0.3, -0.25) is 0 Å². The molecule has 0 atom stereocenters. The highest BCUT2D eigenvalue weighted by Crippen LogP contribution is 2.30. The summed E-state index contributed by atoms with van der Waals surface area (Å²) in [6.45, 7) is -0.161. The Morgan fingerprint density at radius 2 is 1.90 bits per heavy atom. The van der Waals surface area contributed by atoms with E-state index in [0.29, 0.717) is 24.6 Å². The Hall–Kier alpha value is -3.03. The molecule has 0 spiro atoms. The third-order valence-corrected chi connectivity index (χ3v) is 5.25. The van der Waals surface area contributed by atoms with Crippen LogP contribution in [0, 0.1) is 0 Å². The molecule has 0 fully saturated rings. The van der Waals surface area contributed by atoms with Crippen LogP contribution in [0.2, 0.25) is 5.15 Å². The molecule has 7 nitrogen and oxygen atoms in total. The molecular formula is C22H23ClN6O. The highest BCUT2D eigenvalue weighted by molar-refractivity contribution is 6.30. The minimum absolute atomic E-state index is 0.00531. The summed E-state index contributed by atoms with van der Waals surface area (Å²) in [6, 6.07) is 15.7. The van der Waals surface area contributed by atoms with Crippen molar-refractivity contribution in [2.24, 2.45) is 0 Å². The fourth-order valence-electron chi connectivity index (χ4n) is 3.45. The molecule has 0 aliphatic rings. The van der Waals surface area contributed by atoms with Crippen LogP contribution in [-0.4, -0.2) is 35.3 Å². The largest absolute Gasteiger partial charge is 0.390 e. The first-order valence-electron chi connectivity index (χ1n) is 10.8. The predicted octanol–water partition coefficient (Wildman–Crippen LogP) is 4.27. The molecule has 2 aromatic heterocycles. The zero-order valence-electron chi connectivity index (χ0n) is 18.5. The summed E-state index contributed by atoms with van der Waals surface area (Å²) in [5, 5.41) is 24.3. The zero-order valence-corrected chi connectivity index (χ0v) is 17.3. The van der Waals surface area contributed by atoms with Crippen LogP contribution in [-0.2, 0) is 19.5 Å². The molecule has 0 saturated heterocycles. The average Bonchev–Trinajstić information content (AvgIpc) is 3.41. The van der Waals surface area contributed by atoms with Crippen LogP contribution in [0.4, 0.5) is 0 Å². The number of hydrogen-bond donors (Lipinski definition) is 2. The Morgan fingerprint density at radius 1 is 1.13 bits per heavy atom. The second kappa shape index (κ2) is 9.19. The molecule has 2 aromatic carbocycles. The minimum Gasteiger partial charge on any atom is -0.390 e. The summed E-state index contributed by atoms with van der Waals surface area (Å²) in [6.07, 6.45) is 2.52. The van der Waals surface area contributed by atoms with E-state index in [-0.39, 0.29) is 10.8 Å². The van der Waals surface area contributed by atoms with Crippen LogP contribution >= 0.6 is 11.6 Å². The van der Waals surface area contributed by atoms with Crippen molar-refractivity contribution in [3.05, 3.63) is 70.8 Å². The van der Waals surface area contributed by atoms with Gasteiger partial charge in [-0.25, -0.2) is 4.98 Å². The van der Waals surface area contributed by atoms with Crippen molar-refractivity contribution in [3.63, 3.8) is 0 Å². The Morgan fingerprint density at radius 3 is 2.57 bits per heavy atom. The number of benzene rings is 2. The predicted molar refractivity (Wildman–Crippen MR) is 116 cm³/mol. The maximum absolute atomic E-state index is 10.0. The Bertz CT molecular complexity index is 1190. The van der Waals surface area contributed by atoms with Gasteiger partial charge < -0.3 is 9.67 Å². The van der Waals surface area contributed by atoms with Gasteiger partial charge in [-0.15, -0.1) is 10.2 Å². The van der Waals surface area contributed by atoms with Gasteiger partial charge >= 0.3 is 0 Å². The number of tetrazole rings is 1. The summed E-state index contributed by atoms with van der Waals surface area (Å²) in [5.41, 5.74) is 3.75. The lowest BCUT2D eigenvalue weighted by Crippen LogP contribution is -2.09. The van der Waals surface area contributed by atoms with Crippen molar-refractivity contribution in [2.45, 2.75) is 39.3 Å². The van der Waals surface area contributed by atoms with E-state index in [1.807, 2.05) is 48.5 Å². The van der Waals surface area contributed by atoms with Crippen LogP contribution in [0.25, 0.3) is 22.5 Å². The van der Waals surface area contributed by atoms with Gasteiger partial charge in [-0.05, 0) is 28.3 Å². The Labute approximate surface area is 182 Å². The first kappa shape index (κ1) is 17.8. The van der Waals surface area contributed by atoms with Gasteiger partial charge in [0.1, 0.15) is 5.82 Å². The number of halogens is 1. The highest BCUT2D eigenvalue weighted by atomic mass is 35.5. The van der Waals surface area contributed by atoms with Crippen LogP contribution in [0.5, 0.6) is 0 Å². The zero-order chi connectivity index (χ0) is 22.7. The number of nitrogens with one attached hydrogen (secondary N) is 1. The van der Waals surface area contributed by atoms with Crippen molar-refractivity contribution >= 4 is 11.6 Å². The number of H-pyrrole nitrogens is 1. The Kier molecular flexibility index (Phi) is 5.45. The monoisotopic (exact) mass is 424 g/mol. The van der Waals surface area contributed by atoms with Crippen LogP contribution in [0.3, 0.4) is 0 Å². The first-order chi connectivity index (χ1) is 15.4. The second-order valence-corrected chi connectivity index (χ2v) is 7.30. The summed E-state index contributed by atoms with van der Waals surface area (Å²) < 4.78 is 17.3. The van der Waals surface area contributed by atoms with Gasteiger partial charge in [0.05, 0.1) is 15.0 Å². The highest BCUT2D eigenvalue weighted by Gasteiger charge is 2.16. The van der Waals surface area contributed by atoms with Crippen molar-refractivity contribution in [1.82, 2.24) is 30.2 Å². The normalized spacial score (nSPS) is 12.6. The van der Waals surface area contributed by atoms with E-state index < -0.39 is 6.56 Å². The number of imidazole rings is 1. The number of aryl methyl sites for hydroxylation is 1. The standard InChI is InChI=1S/C22H23ClN6O/c1-2-3-8-20-24-21(23)19(14-30)29(20)13-15-9-11-16(12-10-15)17-6-4-5-7-18(17)22-25-27-28-26-22/h4-7,9-12,30H,2-3,8,13-14H2,1H3,(H,25,26,27,28)/i14D2. The molecule has 0 bridgehead atoms. The van der Waals surface area contributed by atoms with E-state index in [9.17, 15) is 5.11 Å². The molecule has 0 unspecified atom stereocenters. The molecule has 0 aliphatic heterocycles. The molecule has 2 N–H and O–H groups in total. The van der Waals surface area contributed by atoms with Gasteiger partial charge in [0.2, 0.25) is 5.82 Å². The smallest absolute Gasteiger partial charge is 0.205 e. The molecule has 30 heavy (non-hydrogen) atoms. The van der Waals surface area contributed by atoms with Gasteiger partial charge in [-0.2, -0.15) is 5.21 Å². The molecule has 0 amide bonds. The minimum atomic E-state index is -2.59. The summed E-state index contributed by atoms with van der Waals surface area (Å²) in [7, 11) is 0. The molecule has 4 aromatic rings. The number of nitrogens with zero attached hydrogens (tertiary/aromatic N) is 5. The number of aromatic amines is 1. The van der Waals surface area contributed by atoms with E-state index in [4.69, 9.17) is 14.3 Å². The second-order valence-electron chi connectivity index (χ2n) is 6.95. The molecule has 8 heteroatoms. The lowest BCUT2D eigenvalue weighted by molar-refractivity contribution is 0.271. The summed E-state index contributed by atoms with van der Waals surface area (Å²) >= 11 is 6.20. The van der Waals surface area contributed by atoms with Crippen molar-refractivity contribution in [2.75, 3.05) is 0 Å². The maximum Gasteiger partial charge on any atom is 0.205 e. The van der Waals surface area contributed by atoms with E-state index in [2.05, 4.69) is 32.5 Å². The number of rotatable bonds is 8. The molecule has 154 valence electrons. The van der Waals surface area contributed by atoms with E-state index in [1.165, 1.54) is 0 Å². The van der Waals surface area contributed by atoms with Gasteiger partial charge in [0.15, 0.2) is 5.15 Å². The molecular weight excluding hydrogens is 400 g/mol. The first-order valence-corrected chi connectivity index (χ1v) is 10.2. The van der Waals surface area contributed by atoms with Crippen LogP contribution < -0.4 is 0 Å². The maximum atomic E-state index is 10.0. The van der Waals surface area contributed by atoms with Crippen molar-refractivity contribution < 1.29 is 7.85 Å². The van der Waals surface area contributed by atoms with E-state index >= 15 is 0 Å². The van der Waals surface area contributed by atoms with Gasteiger partial charge in [-0.1, -0.05) is 73.5 Å². The number of hydrogen-bond acceptors (Lipinski definition) is 5. The molecule has 4 rings (SSSR count). The molecule has 0 aliphatic carbocycles.